The molecule has 1 unspecified atom stereocenters. The van der Waals surface area contributed by atoms with E-state index in [1.165, 1.54) is 32.4 Å². The first-order chi connectivity index (χ1) is 11.4. The summed E-state index contributed by atoms with van der Waals surface area (Å²) in [4.78, 5) is 11.8. The summed E-state index contributed by atoms with van der Waals surface area (Å²) in [5.74, 6) is -0.148. The van der Waals surface area contributed by atoms with Crippen molar-refractivity contribution in [2.45, 2.75) is 36.6 Å². The van der Waals surface area contributed by atoms with E-state index in [2.05, 4.69) is 9.46 Å². The Hall–Kier alpha value is -1.35. The van der Waals surface area contributed by atoms with E-state index in [0.29, 0.717) is 0 Å². The number of carbonyl (C=O) groups excluding carboxylic acids is 1. The predicted octanol–water partition coefficient (Wildman–Crippen LogP) is 1.70. The Morgan fingerprint density at radius 1 is 1.32 bits per heavy atom. The Labute approximate surface area is 154 Å². The van der Waals surface area contributed by atoms with Gasteiger partial charge in [-0.2, -0.15) is 0 Å². The van der Waals surface area contributed by atoms with Crippen LogP contribution in [-0.4, -0.2) is 41.2 Å². The maximum absolute atomic E-state index is 12.7. The van der Waals surface area contributed by atoms with Gasteiger partial charge in [0.1, 0.15) is 11.3 Å². The molecule has 0 saturated heterocycles. The van der Waals surface area contributed by atoms with Gasteiger partial charge in [0.2, 0.25) is 10.0 Å². The lowest BCUT2D eigenvalue weighted by Gasteiger charge is -2.23. The molecular formula is C16H25ClN2O5S. The van der Waals surface area contributed by atoms with Crippen LogP contribution in [0.5, 0.6) is 5.75 Å². The molecule has 1 aromatic carbocycles. The molecule has 1 aromatic rings. The normalized spacial score (nSPS) is 16.1. The van der Waals surface area contributed by atoms with Gasteiger partial charge in [-0.05, 0) is 37.0 Å². The molecule has 25 heavy (non-hydrogen) atoms. The number of nitrogens with two attached hydrogens (primary N) is 1. The summed E-state index contributed by atoms with van der Waals surface area (Å²) < 4.78 is 37.8. The topological polar surface area (TPSA) is 108 Å². The van der Waals surface area contributed by atoms with Gasteiger partial charge in [0.25, 0.3) is 0 Å². The van der Waals surface area contributed by atoms with Crippen molar-refractivity contribution in [1.82, 2.24) is 4.72 Å². The minimum Gasteiger partial charge on any atom is -0.496 e. The van der Waals surface area contributed by atoms with Gasteiger partial charge in [0.15, 0.2) is 0 Å². The molecule has 0 aliphatic heterocycles. The number of esters is 1. The molecule has 1 aliphatic rings. The van der Waals surface area contributed by atoms with Crippen LogP contribution in [0.2, 0.25) is 0 Å². The van der Waals surface area contributed by atoms with Crippen LogP contribution >= 0.6 is 12.4 Å². The lowest BCUT2D eigenvalue weighted by Crippen LogP contribution is -2.44. The molecule has 0 spiro atoms. The van der Waals surface area contributed by atoms with Crippen LogP contribution in [0, 0.1) is 5.92 Å². The van der Waals surface area contributed by atoms with E-state index < -0.39 is 16.0 Å². The second kappa shape index (κ2) is 9.38. The smallest absolute Gasteiger partial charge is 0.341 e. The Morgan fingerprint density at radius 2 is 1.96 bits per heavy atom. The highest BCUT2D eigenvalue weighted by molar-refractivity contribution is 7.89. The first-order valence-electron chi connectivity index (χ1n) is 7.91. The van der Waals surface area contributed by atoms with Crippen LogP contribution in [0.15, 0.2) is 23.1 Å². The summed E-state index contributed by atoms with van der Waals surface area (Å²) >= 11 is 0. The van der Waals surface area contributed by atoms with E-state index in [1.807, 2.05) is 0 Å². The van der Waals surface area contributed by atoms with E-state index in [1.54, 1.807) is 0 Å². The number of hydrogen-bond donors (Lipinski definition) is 2. The van der Waals surface area contributed by atoms with Gasteiger partial charge in [-0.15, -0.1) is 12.4 Å². The summed E-state index contributed by atoms with van der Waals surface area (Å²) in [7, 11) is -1.16. The van der Waals surface area contributed by atoms with E-state index in [9.17, 15) is 13.2 Å². The number of sulfonamides is 1. The van der Waals surface area contributed by atoms with Crippen molar-refractivity contribution >= 4 is 28.4 Å². The standard InChI is InChI=1S/C16H24N2O5S.ClH/c1-22-15-8-7-12(9-13(15)16(19)23-2)24(20,21)18-14(10-17)11-5-3-4-6-11;/h7-9,11,14,18H,3-6,10,17H2,1-2H3;1H. The number of methoxy groups -OCH3 is 2. The Balaban J connectivity index is 0.00000312. The van der Waals surface area contributed by atoms with Gasteiger partial charge in [-0.25, -0.2) is 17.9 Å². The fraction of sp³-hybridized carbons (Fsp3) is 0.562. The number of rotatable bonds is 7. The van der Waals surface area contributed by atoms with Crippen LogP contribution in [0.25, 0.3) is 0 Å². The van der Waals surface area contributed by atoms with Crippen molar-refractivity contribution < 1.29 is 22.7 Å². The second-order valence-corrected chi connectivity index (χ2v) is 7.58. The van der Waals surface area contributed by atoms with Crippen LogP contribution in [0.1, 0.15) is 36.0 Å². The minimum atomic E-state index is -3.79. The average molecular weight is 393 g/mol. The first kappa shape index (κ1) is 21.7. The molecule has 2 rings (SSSR count). The van der Waals surface area contributed by atoms with Gasteiger partial charge in [-0.1, -0.05) is 12.8 Å². The molecule has 0 heterocycles. The number of benzene rings is 1. The van der Waals surface area contributed by atoms with E-state index in [4.69, 9.17) is 10.5 Å². The highest BCUT2D eigenvalue weighted by Gasteiger charge is 2.29. The summed E-state index contributed by atoms with van der Waals surface area (Å²) in [6, 6.07) is 3.79. The van der Waals surface area contributed by atoms with Gasteiger partial charge in [0.05, 0.1) is 19.1 Å². The molecule has 0 bridgehead atoms. The molecule has 1 saturated carbocycles. The van der Waals surface area contributed by atoms with E-state index >= 15 is 0 Å². The Bertz CT molecular complexity index is 690. The molecule has 0 amide bonds. The number of halogens is 1. The minimum absolute atomic E-state index is 0. The van der Waals surface area contributed by atoms with Crippen LogP contribution < -0.4 is 15.2 Å². The van der Waals surface area contributed by atoms with Crippen molar-refractivity contribution in [3.05, 3.63) is 23.8 Å². The predicted molar refractivity (Wildman–Crippen MR) is 96.7 cm³/mol. The summed E-state index contributed by atoms with van der Waals surface area (Å²) in [5.41, 5.74) is 5.83. The number of nitrogens with one attached hydrogen (secondary N) is 1. The quantitative estimate of drug-likeness (QED) is 0.684. The van der Waals surface area contributed by atoms with E-state index in [0.717, 1.165) is 25.7 Å². The molecule has 0 aromatic heterocycles. The van der Waals surface area contributed by atoms with Crippen molar-refractivity contribution in [3.63, 3.8) is 0 Å². The average Bonchev–Trinajstić information content (AvgIpc) is 3.12. The molecule has 1 atom stereocenters. The summed E-state index contributed by atoms with van der Waals surface area (Å²) in [5, 5.41) is 0. The molecule has 1 fully saturated rings. The third kappa shape index (κ3) is 5.07. The Morgan fingerprint density at radius 3 is 2.48 bits per heavy atom. The zero-order chi connectivity index (χ0) is 17.7. The third-order valence-corrected chi connectivity index (χ3v) is 5.90. The van der Waals surface area contributed by atoms with Gasteiger partial charge in [0, 0.05) is 12.6 Å². The lowest BCUT2D eigenvalue weighted by molar-refractivity contribution is 0.0597. The number of carbonyl (C=O) groups is 1. The molecule has 9 heteroatoms. The molecule has 7 nitrogen and oxygen atoms in total. The maximum Gasteiger partial charge on any atom is 0.341 e. The van der Waals surface area contributed by atoms with Gasteiger partial charge in [-0.3, -0.25) is 0 Å². The summed E-state index contributed by atoms with van der Waals surface area (Å²) in [6.45, 7) is 0.240. The van der Waals surface area contributed by atoms with Crippen LogP contribution in [0.3, 0.4) is 0 Å². The highest BCUT2D eigenvalue weighted by Crippen LogP contribution is 2.29. The fourth-order valence-corrected chi connectivity index (χ4v) is 4.43. The van der Waals surface area contributed by atoms with E-state index in [-0.39, 0.29) is 47.1 Å². The largest absolute Gasteiger partial charge is 0.496 e. The van der Waals surface area contributed by atoms with Gasteiger partial charge >= 0.3 is 5.97 Å². The van der Waals surface area contributed by atoms with Crippen molar-refractivity contribution in [2.75, 3.05) is 20.8 Å². The van der Waals surface area contributed by atoms with Crippen LogP contribution in [-0.2, 0) is 14.8 Å². The number of hydrogen-bond acceptors (Lipinski definition) is 6. The third-order valence-electron chi connectivity index (χ3n) is 4.42. The Kier molecular flexibility index (Phi) is 8.14. The zero-order valence-electron chi connectivity index (χ0n) is 14.4. The first-order valence-corrected chi connectivity index (χ1v) is 9.40. The molecule has 142 valence electrons. The van der Waals surface area contributed by atoms with Crippen molar-refractivity contribution in [3.8, 4) is 5.75 Å². The second-order valence-electron chi connectivity index (χ2n) is 5.86. The fourth-order valence-electron chi connectivity index (χ4n) is 3.09. The molecule has 1 aliphatic carbocycles. The van der Waals surface area contributed by atoms with Crippen LogP contribution in [0.4, 0.5) is 0 Å². The van der Waals surface area contributed by atoms with Crippen molar-refractivity contribution in [2.24, 2.45) is 11.7 Å². The highest BCUT2D eigenvalue weighted by atomic mass is 35.5. The van der Waals surface area contributed by atoms with Gasteiger partial charge < -0.3 is 15.2 Å². The number of ether oxygens (including phenoxy) is 2. The molecule has 0 radical (unpaired) electrons. The SMILES string of the molecule is COC(=O)c1cc(S(=O)(=O)NC(CN)C2CCCC2)ccc1OC.Cl. The monoisotopic (exact) mass is 392 g/mol. The molecular weight excluding hydrogens is 368 g/mol. The van der Waals surface area contributed by atoms with Crippen molar-refractivity contribution in [1.29, 1.82) is 0 Å². The molecule has 3 N–H and O–H groups in total. The zero-order valence-corrected chi connectivity index (χ0v) is 16.0. The summed E-state index contributed by atoms with van der Waals surface area (Å²) in [6.07, 6.45) is 4.14. The lowest BCUT2D eigenvalue weighted by atomic mass is 9.99. The maximum atomic E-state index is 12.7.